The zero-order chi connectivity index (χ0) is 29.1. The molecule has 3 aromatic rings. The zero-order valence-electron chi connectivity index (χ0n) is 21.5. The van der Waals surface area contributed by atoms with Crippen LogP contribution in [0.4, 0.5) is 5.69 Å². The Bertz CT molecular complexity index is 1440. The minimum absolute atomic E-state index is 0.0812. The summed E-state index contributed by atoms with van der Waals surface area (Å²) in [4.78, 5) is 53.9. The molecule has 3 aromatic carbocycles. The van der Waals surface area contributed by atoms with Crippen LogP contribution in [0.25, 0.3) is 0 Å². The van der Waals surface area contributed by atoms with Gasteiger partial charge < -0.3 is 10.1 Å². The fraction of sp³-hybridized carbons (Fsp3) is 0.241. The van der Waals surface area contributed by atoms with E-state index in [0.29, 0.717) is 24.1 Å². The van der Waals surface area contributed by atoms with E-state index in [1.54, 1.807) is 30.3 Å². The first-order chi connectivity index (χ1) is 19.1. The Balaban J connectivity index is 1.61. The van der Waals surface area contributed by atoms with Gasteiger partial charge in [-0.1, -0.05) is 109 Å². The van der Waals surface area contributed by atoms with Crippen molar-refractivity contribution >= 4 is 75.8 Å². The lowest BCUT2D eigenvalue weighted by atomic mass is 10.0. The van der Waals surface area contributed by atoms with E-state index < -0.39 is 36.3 Å². The zero-order valence-corrected chi connectivity index (χ0v) is 24.5. The van der Waals surface area contributed by atoms with E-state index in [0.717, 1.165) is 16.0 Å². The molecule has 11 heteroatoms. The van der Waals surface area contributed by atoms with Crippen LogP contribution in [0.15, 0.2) is 48.5 Å². The fourth-order valence-electron chi connectivity index (χ4n) is 4.58. The second kappa shape index (κ2) is 12.6. The second-order valence-corrected chi connectivity index (χ2v) is 10.5. The Morgan fingerprint density at radius 1 is 0.800 bits per heavy atom. The first-order valence-electron chi connectivity index (χ1n) is 12.5. The minimum Gasteiger partial charge on any atom is -0.454 e. The largest absolute Gasteiger partial charge is 0.454 e. The van der Waals surface area contributed by atoms with Crippen LogP contribution in [0.1, 0.15) is 51.3 Å². The molecule has 0 spiro atoms. The van der Waals surface area contributed by atoms with Crippen molar-refractivity contribution in [1.82, 2.24) is 4.90 Å². The summed E-state index contributed by atoms with van der Waals surface area (Å²) < 4.78 is 5.36. The Morgan fingerprint density at radius 3 is 1.82 bits per heavy atom. The lowest BCUT2D eigenvalue weighted by Crippen LogP contribution is -2.47. The second-order valence-electron chi connectivity index (χ2n) is 9.01. The van der Waals surface area contributed by atoms with Gasteiger partial charge in [0.15, 0.2) is 6.61 Å². The van der Waals surface area contributed by atoms with Crippen molar-refractivity contribution in [2.75, 3.05) is 11.9 Å². The van der Waals surface area contributed by atoms with Crippen LogP contribution < -0.4 is 5.32 Å². The summed E-state index contributed by atoms with van der Waals surface area (Å²) in [5.74, 6) is -3.28. The number of carbonyl (C=O) groups excluding carboxylic acids is 4. The SMILES string of the molecule is CCc1cccc(CC)c1NC(=O)COC(=O)[C@@H](Cc1ccccc1)N1C(=O)c2c(Cl)c(Cl)c(Cl)c(Cl)c2C1=O. The molecule has 0 bridgehead atoms. The number of rotatable bonds is 9. The highest BCUT2D eigenvalue weighted by molar-refractivity contribution is 6.55. The van der Waals surface area contributed by atoms with Gasteiger partial charge in [-0.05, 0) is 29.5 Å². The Labute approximate surface area is 251 Å². The lowest BCUT2D eigenvalue weighted by Gasteiger charge is -2.25. The smallest absolute Gasteiger partial charge is 0.330 e. The highest BCUT2D eigenvalue weighted by atomic mass is 35.5. The van der Waals surface area contributed by atoms with E-state index in [2.05, 4.69) is 5.32 Å². The highest BCUT2D eigenvalue weighted by Crippen LogP contribution is 2.45. The van der Waals surface area contributed by atoms with Crippen LogP contribution in [0.2, 0.25) is 20.1 Å². The van der Waals surface area contributed by atoms with Crippen molar-refractivity contribution < 1.29 is 23.9 Å². The van der Waals surface area contributed by atoms with E-state index in [9.17, 15) is 19.2 Å². The molecule has 4 rings (SSSR count). The molecule has 0 fully saturated rings. The highest BCUT2D eigenvalue weighted by Gasteiger charge is 2.47. The van der Waals surface area contributed by atoms with E-state index in [4.69, 9.17) is 51.1 Å². The molecule has 1 heterocycles. The molecule has 1 N–H and O–H groups in total. The van der Waals surface area contributed by atoms with Crippen molar-refractivity contribution in [3.8, 4) is 0 Å². The molecule has 0 unspecified atom stereocenters. The summed E-state index contributed by atoms with van der Waals surface area (Å²) in [6.45, 7) is 3.31. The molecule has 0 radical (unpaired) electrons. The van der Waals surface area contributed by atoms with Crippen LogP contribution in [0.5, 0.6) is 0 Å². The lowest BCUT2D eigenvalue weighted by molar-refractivity contribution is -0.151. The van der Waals surface area contributed by atoms with Gasteiger partial charge in [-0.2, -0.15) is 0 Å². The third kappa shape index (κ3) is 5.70. The topological polar surface area (TPSA) is 92.8 Å². The molecule has 40 heavy (non-hydrogen) atoms. The summed E-state index contributed by atoms with van der Waals surface area (Å²) in [5, 5.41) is 1.95. The fourth-order valence-corrected chi connectivity index (χ4v) is 5.59. The number of esters is 1. The van der Waals surface area contributed by atoms with Crippen molar-refractivity contribution in [2.45, 2.75) is 39.2 Å². The third-order valence-electron chi connectivity index (χ3n) is 6.60. The van der Waals surface area contributed by atoms with Crippen molar-refractivity contribution in [2.24, 2.45) is 0 Å². The summed E-state index contributed by atoms with van der Waals surface area (Å²) in [6, 6.07) is 13.0. The average molecular weight is 622 g/mol. The number of carbonyl (C=O) groups is 4. The Morgan fingerprint density at radius 2 is 1.32 bits per heavy atom. The number of halogens is 4. The average Bonchev–Trinajstić information content (AvgIpc) is 3.22. The number of hydrogen-bond acceptors (Lipinski definition) is 5. The number of hydrogen-bond donors (Lipinski definition) is 1. The van der Waals surface area contributed by atoms with Gasteiger partial charge in [0, 0.05) is 12.1 Å². The summed E-state index contributed by atoms with van der Waals surface area (Å²) in [6.07, 6.45) is 1.31. The molecule has 1 aliphatic heterocycles. The van der Waals surface area contributed by atoms with Gasteiger partial charge in [-0.25, -0.2) is 4.79 Å². The van der Waals surface area contributed by atoms with Gasteiger partial charge >= 0.3 is 5.97 Å². The molecule has 0 aromatic heterocycles. The molecule has 7 nitrogen and oxygen atoms in total. The number of benzene rings is 3. The number of fused-ring (bicyclic) bond motifs is 1. The number of nitrogens with zero attached hydrogens (tertiary/aromatic N) is 1. The van der Waals surface area contributed by atoms with Crippen molar-refractivity contribution in [3.05, 3.63) is 96.4 Å². The molecule has 1 aliphatic rings. The standard InChI is InChI=1S/C29H24Cl4N2O5/c1-3-16-11-8-12-17(4-2)26(16)34-19(36)14-40-29(39)18(13-15-9-6-5-7-10-15)35-27(37)20-21(28(35)38)23(31)25(33)24(32)22(20)30/h5-12,18H,3-4,13-14H2,1-2H3,(H,34,36)/t18-/m1/s1. The maximum Gasteiger partial charge on any atom is 0.330 e. The number of imide groups is 1. The number of anilines is 1. The Kier molecular flexibility index (Phi) is 9.41. The van der Waals surface area contributed by atoms with Gasteiger partial charge in [0.1, 0.15) is 6.04 Å². The predicted molar refractivity (Wildman–Crippen MR) is 156 cm³/mol. The third-order valence-corrected chi connectivity index (χ3v) is 8.40. The molecule has 3 amide bonds. The van der Waals surface area contributed by atoms with E-state index in [1.807, 2.05) is 32.0 Å². The molecule has 0 aliphatic carbocycles. The molecule has 208 valence electrons. The first-order valence-corrected chi connectivity index (χ1v) is 14.0. The molecule has 0 saturated carbocycles. The quantitative estimate of drug-likeness (QED) is 0.123. The first kappa shape index (κ1) is 29.9. The maximum absolute atomic E-state index is 13.5. The molecule has 0 saturated heterocycles. The van der Waals surface area contributed by atoms with Crippen LogP contribution in [-0.2, 0) is 33.6 Å². The van der Waals surface area contributed by atoms with Crippen LogP contribution in [0.3, 0.4) is 0 Å². The number of para-hydroxylation sites is 1. The normalized spacial score (nSPS) is 13.3. The van der Waals surface area contributed by atoms with E-state index in [1.165, 1.54) is 0 Å². The monoisotopic (exact) mass is 620 g/mol. The summed E-state index contributed by atoms with van der Waals surface area (Å²) >= 11 is 24.8. The van der Waals surface area contributed by atoms with E-state index in [-0.39, 0.29) is 37.6 Å². The van der Waals surface area contributed by atoms with Crippen LogP contribution in [-0.4, -0.2) is 41.2 Å². The van der Waals surface area contributed by atoms with Gasteiger partial charge in [-0.15, -0.1) is 0 Å². The van der Waals surface area contributed by atoms with Gasteiger partial charge in [0.2, 0.25) is 0 Å². The van der Waals surface area contributed by atoms with Gasteiger partial charge in [-0.3, -0.25) is 19.3 Å². The minimum atomic E-state index is -1.43. The summed E-state index contributed by atoms with van der Waals surface area (Å²) in [5.41, 5.74) is 2.70. The number of amides is 3. The van der Waals surface area contributed by atoms with Crippen molar-refractivity contribution in [3.63, 3.8) is 0 Å². The van der Waals surface area contributed by atoms with Gasteiger partial charge in [0.05, 0.1) is 31.2 Å². The predicted octanol–water partition coefficient (Wildman–Crippen LogP) is 6.81. The Hall–Kier alpha value is -3.10. The molecular formula is C29H24Cl4N2O5. The van der Waals surface area contributed by atoms with E-state index >= 15 is 0 Å². The van der Waals surface area contributed by atoms with Crippen molar-refractivity contribution in [1.29, 1.82) is 0 Å². The number of ether oxygens (including phenoxy) is 1. The number of nitrogens with one attached hydrogen (secondary N) is 1. The van der Waals surface area contributed by atoms with Crippen LogP contribution >= 0.6 is 46.4 Å². The van der Waals surface area contributed by atoms with Gasteiger partial charge in [0.25, 0.3) is 17.7 Å². The molecular weight excluding hydrogens is 598 g/mol. The maximum atomic E-state index is 13.5. The molecule has 1 atom stereocenters. The number of aryl methyl sites for hydroxylation is 2. The summed E-state index contributed by atoms with van der Waals surface area (Å²) in [7, 11) is 0. The van der Waals surface area contributed by atoms with Crippen LogP contribution in [0, 0.1) is 0 Å².